The van der Waals surface area contributed by atoms with Crippen LogP contribution in [0.5, 0.6) is 5.75 Å². The maximum absolute atomic E-state index is 13.2. The molecule has 0 aliphatic carbocycles. The Morgan fingerprint density at radius 2 is 2.24 bits per heavy atom. The number of ether oxygens (including phenoxy) is 1. The fraction of sp³-hybridized carbons (Fsp3) is 0.0769. The highest BCUT2D eigenvalue weighted by molar-refractivity contribution is 7.16. The summed E-state index contributed by atoms with van der Waals surface area (Å²) in [5, 5.41) is 10.4. The molecule has 0 fully saturated rings. The summed E-state index contributed by atoms with van der Waals surface area (Å²) in [6.45, 7) is 0. The summed E-state index contributed by atoms with van der Waals surface area (Å²) in [5.41, 5.74) is 0.951. The van der Waals surface area contributed by atoms with Gasteiger partial charge in [0, 0.05) is 12.1 Å². The van der Waals surface area contributed by atoms with Crippen LogP contribution in [0, 0.1) is 5.82 Å². The number of hydrogen-bond acceptors (Lipinski definition) is 5. The van der Waals surface area contributed by atoms with Gasteiger partial charge in [-0.3, -0.25) is 4.57 Å². The molecule has 0 saturated carbocycles. The number of carbonyl (C=O) groups is 1. The van der Waals surface area contributed by atoms with Crippen molar-refractivity contribution < 1.29 is 19.0 Å². The molecule has 108 valence electrons. The Morgan fingerprint density at radius 1 is 1.48 bits per heavy atom. The van der Waals surface area contributed by atoms with Crippen molar-refractivity contribution in [1.29, 1.82) is 0 Å². The van der Waals surface area contributed by atoms with Crippen molar-refractivity contribution in [1.82, 2.24) is 9.55 Å². The van der Waals surface area contributed by atoms with Crippen LogP contribution in [-0.2, 0) is 4.74 Å². The summed E-state index contributed by atoms with van der Waals surface area (Å²) in [4.78, 5) is 15.6. The molecule has 3 rings (SSSR count). The maximum atomic E-state index is 13.2. The average molecular weight is 327 g/mol. The first-order valence-electron chi connectivity index (χ1n) is 5.76. The summed E-state index contributed by atoms with van der Waals surface area (Å²) in [7, 11) is 1.23. The second-order valence-electron chi connectivity index (χ2n) is 4.14. The van der Waals surface area contributed by atoms with E-state index in [9.17, 15) is 14.3 Å². The highest BCUT2D eigenvalue weighted by atomic mass is 35.5. The van der Waals surface area contributed by atoms with Gasteiger partial charge >= 0.3 is 5.97 Å². The van der Waals surface area contributed by atoms with Gasteiger partial charge in [-0.05, 0) is 23.7 Å². The van der Waals surface area contributed by atoms with E-state index in [0.29, 0.717) is 16.0 Å². The number of halogens is 2. The molecule has 0 bridgehead atoms. The summed E-state index contributed by atoms with van der Waals surface area (Å²) in [6.07, 6.45) is 0. The Hall–Kier alpha value is -2.12. The fourth-order valence-electron chi connectivity index (χ4n) is 1.95. The minimum Gasteiger partial charge on any atom is -0.506 e. The van der Waals surface area contributed by atoms with Crippen molar-refractivity contribution >= 4 is 39.9 Å². The number of aromatic nitrogens is 2. The molecule has 0 aliphatic rings. The second kappa shape index (κ2) is 5.01. The van der Waals surface area contributed by atoms with Crippen molar-refractivity contribution in [3.8, 4) is 10.8 Å². The van der Waals surface area contributed by atoms with Crippen molar-refractivity contribution in [3.05, 3.63) is 40.2 Å². The molecule has 3 aromatic rings. The first-order chi connectivity index (χ1) is 10.0. The number of benzene rings is 1. The van der Waals surface area contributed by atoms with Gasteiger partial charge in [-0.15, -0.1) is 11.3 Å². The van der Waals surface area contributed by atoms with Crippen LogP contribution in [0.15, 0.2) is 24.3 Å². The Balaban J connectivity index is 2.21. The number of hydrogen-bond donors (Lipinski definition) is 1. The van der Waals surface area contributed by atoms with Gasteiger partial charge in [-0.2, -0.15) is 0 Å². The highest BCUT2D eigenvalue weighted by Crippen LogP contribution is 2.35. The van der Waals surface area contributed by atoms with Crippen LogP contribution in [0.2, 0.25) is 5.28 Å². The number of imidazole rings is 1. The van der Waals surface area contributed by atoms with E-state index < -0.39 is 11.8 Å². The van der Waals surface area contributed by atoms with E-state index in [-0.39, 0.29) is 15.9 Å². The first kappa shape index (κ1) is 13.8. The van der Waals surface area contributed by atoms with Gasteiger partial charge in [0.2, 0.25) is 5.28 Å². The molecule has 0 spiro atoms. The third-order valence-corrected chi connectivity index (χ3v) is 4.21. The highest BCUT2D eigenvalue weighted by Gasteiger charge is 2.20. The minimum absolute atomic E-state index is 0.0625. The number of rotatable bonds is 2. The van der Waals surface area contributed by atoms with Gasteiger partial charge in [-0.25, -0.2) is 14.2 Å². The topological polar surface area (TPSA) is 64.4 Å². The molecule has 8 heteroatoms. The lowest BCUT2D eigenvalue weighted by Crippen LogP contribution is -1.97. The summed E-state index contributed by atoms with van der Waals surface area (Å²) in [6, 6.07) is 5.45. The second-order valence-corrected chi connectivity index (χ2v) is 5.51. The molecule has 2 heterocycles. The number of thiophene rings is 1. The molecule has 5 nitrogen and oxygen atoms in total. The lowest BCUT2D eigenvalue weighted by Gasteiger charge is -2.01. The molecule has 2 aromatic heterocycles. The largest absolute Gasteiger partial charge is 0.506 e. The Bertz CT molecular complexity index is 859. The zero-order valence-corrected chi connectivity index (χ0v) is 12.2. The van der Waals surface area contributed by atoms with Gasteiger partial charge in [0.25, 0.3) is 0 Å². The van der Waals surface area contributed by atoms with E-state index in [0.717, 1.165) is 11.3 Å². The zero-order valence-electron chi connectivity index (χ0n) is 10.6. The van der Waals surface area contributed by atoms with Crippen LogP contribution in [0.4, 0.5) is 4.39 Å². The number of methoxy groups -OCH3 is 1. The summed E-state index contributed by atoms with van der Waals surface area (Å²) < 4.78 is 19.3. The Labute approximate surface area is 127 Å². The SMILES string of the molecule is COC(=O)c1sc(-n2c(Cl)nc3cc(F)ccc32)cc1O. The van der Waals surface area contributed by atoms with E-state index in [1.165, 1.54) is 35.9 Å². The lowest BCUT2D eigenvalue weighted by atomic mass is 10.3. The molecule has 1 aromatic carbocycles. The van der Waals surface area contributed by atoms with E-state index >= 15 is 0 Å². The van der Waals surface area contributed by atoms with E-state index in [4.69, 9.17) is 11.6 Å². The summed E-state index contributed by atoms with van der Waals surface area (Å²) in [5.74, 6) is -1.27. The summed E-state index contributed by atoms with van der Waals surface area (Å²) >= 11 is 7.07. The smallest absolute Gasteiger partial charge is 0.351 e. The average Bonchev–Trinajstić information content (AvgIpc) is 2.96. The van der Waals surface area contributed by atoms with Crippen molar-refractivity contribution in [2.75, 3.05) is 7.11 Å². The molecule has 21 heavy (non-hydrogen) atoms. The van der Waals surface area contributed by atoms with Crippen LogP contribution in [0.3, 0.4) is 0 Å². The standard InChI is InChI=1S/C13H8ClFN2O3S/c1-20-12(19)11-9(18)5-10(21-11)17-8-3-2-6(15)4-7(8)16-13(17)14/h2-5,18H,1H3. The molecule has 0 radical (unpaired) electrons. The molecule has 0 saturated heterocycles. The number of nitrogens with zero attached hydrogens (tertiary/aromatic N) is 2. The molecular formula is C13H8ClFN2O3S. The van der Waals surface area contributed by atoms with Gasteiger partial charge < -0.3 is 9.84 Å². The predicted octanol–water partition coefficient (Wildman–Crippen LogP) is 3.37. The monoisotopic (exact) mass is 326 g/mol. The molecule has 0 aliphatic heterocycles. The molecule has 0 unspecified atom stereocenters. The minimum atomic E-state index is -0.643. The van der Waals surface area contributed by atoms with Crippen LogP contribution in [-0.4, -0.2) is 27.7 Å². The fourth-order valence-corrected chi connectivity index (χ4v) is 3.26. The Kier molecular flexibility index (Phi) is 3.30. The van der Waals surface area contributed by atoms with Crippen molar-refractivity contribution in [2.45, 2.75) is 0 Å². The van der Waals surface area contributed by atoms with E-state index in [2.05, 4.69) is 9.72 Å². The number of aromatic hydroxyl groups is 1. The van der Waals surface area contributed by atoms with Crippen molar-refractivity contribution in [3.63, 3.8) is 0 Å². The van der Waals surface area contributed by atoms with Gasteiger partial charge in [0.15, 0.2) is 4.88 Å². The predicted molar refractivity (Wildman–Crippen MR) is 76.9 cm³/mol. The number of esters is 1. The zero-order chi connectivity index (χ0) is 15.1. The molecular weight excluding hydrogens is 319 g/mol. The van der Waals surface area contributed by atoms with Crippen molar-refractivity contribution in [2.24, 2.45) is 0 Å². The van der Waals surface area contributed by atoms with Crippen LogP contribution in [0.1, 0.15) is 9.67 Å². The number of fused-ring (bicyclic) bond motifs is 1. The first-order valence-corrected chi connectivity index (χ1v) is 6.95. The van der Waals surface area contributed by atoms with Crippen LogP contribution < -0.4 is 0 Å². The molecule has 1 N–H and O–H groups in total. The molecule has 0 atom stereocenters. The number of carbonyl (C=O) groups excluding carboxylic acids is 1. The third kappa shape index (κ3) is 2.24. The van der Waals surface area contributed by atoms with E-state index in [1.54, 1.807) is 0 Å². The van der Waals surface area contributed by atoms with Crippen LogP contribution >= 0.6 is 22.9 Å². The van der Waals surface area contributed by atoms with Gasteiger partial charge in [0.05, 0.1) is 18.1 Å². The third-order valence-electron chi connectivity index (χ3n) is 2.87. The Morgan fingerprint density at radius 3 is 2.95 bits per heavy atom. The van der Waals surface area contributed by atoms with E-state index in [1.807, 2.05) is 0 Å². The normalized spacial score (nSPS) is 11.0. The van der Waals surface area contributed by atoms with Crippen LogP contribution in [0.25, 0.3) is 16.0 Å². The molecule has 0 amide bonds. The van der Waals surface area contributed by atoms with Gasteiger partial charge in [-0.1, -0.05) is 0 Å². The maximum Gasteiger partial charge on any atom is 0.351 e. The van der Waals surface area contributed by atoms with Gasteiger partial charge in [0.1, 0.15) is 16.6 Å². The quantitative estimate of drug-likeness (QED) is 0.733. The lowest BCUT2D eigenvalue weighted by molar-refractivity contribution is 0.0603.